The number of hydrogen-bond donors (Lipinski definition) is 1. The summed E-state index contributed by atoms with van der Waals surface area (Å²) in [6.07, 6.45) is 0. The summed E-state index contributed by atoms with van der Waals surface area (Å²) in [6.45, 7) is 6.41. The van der Waals surface area contributed by atoms with Crippen molar-refractivity contribution in [1.82, 2.24) is 10.2 Å². The van der Waals surface area contributed by atoms with Crippen molar-refractivity contribution in [2.45, 2.75) is 25.9 Å². The molecule has 5 heteroatoms. The third kappa shape index (κ3) is 2.69. The van der Waals surface area contributed by atoms with Gasteiger partial charge < -0.3 is 15.1 Å². The van der Waals surface area contributed by atoms with Crippen molar-refractivity contribution in [3.05, 3.63) is 28.2 Å². The molecule has 1 aromatic carbocycles. The third-order valence-corrected chi connectivity index (χ3v) is 4.52. The molecule has 0 bridgehead atoms. The lowest BCUT2D eigenvalue weighted by atomic mass is 9.96. The minimum absolute atomic E-state index is 0.162. The number of hydrogen-bond acceptors (Lipinski definition) is 3. The molecule has 2 rings (SSSR count). The molecule has 1 heterocycles. The lowest BCUT2D eigenvalue weighted by Gasteiger charge is -2.46. The monoisotopic (exact) mass is 339 g/mol. The quantitative estimate of drug-likeness (QED) is 0.917. The number of likely N-dealkylation sites (N-methyl/N-ethyl adjacent to an activating group) is 1. The van der Waals surface area contributed by atoms with Crippen LogP contribution in [-0.4, -0.2) is 43.5 Å². The smallest absolute Gasteiger partial charge is 0.247 e. The fourth-order valence-electron chi connectivity index (χ4n) is 2.72. The lowest BCUT2D eigenvalue weighted by Crippen LogP contribution is -2.62. The zero-order valence-corrected chi connectivity index (χ0v) is 14.1. The lowest BCUT2D eigenvalue weighted by molar-refractivity contribution is -0.136. The van der Waals surface area contributed by atoms with Crippen LogP contribution in [0.3, 0.4) is 0 Å². The van der Waals surface area contributed by atoms with E-state index in [9.17, 15) is 4.79 Å². The standard InChI is InChI=1S/C15H22BrN3O/c1-15(2)14(20)18(4)7-8-19(15)13-6-5-11(10-17-3)9-12(13)16/h5-6,9,17H,7-8,10H2,1-4H3. The molecule has 1 aliphatic heterocycles. The van der Waals surface area contributed by atoms with E-state index < -0.39 is 5.54 Å². The summed E-state index contributed by atoms with van der Waals surface area (Å²) in [5.41, 5.74) is 1.79. The molecule has 1 aliphatic rings. The maximum Gasteiger partial charge on any atom is 0.247 e. The number of piperazine rings is 1. The van der Waals surface area contributed by atoms with Crippen molar-refractivity contribution < 1.29 is 4.79 Å². The van der Waals surface area contributed by atoms with E-state index in [4.69, 9.17) is 0 Å². The van der Waals surface area contributed by atoms with Gasteiger partial charge in [0.05, 0.1) is 5.69 Å². The second-order valence-corrected chi connectivity index (χ2v) is 6.61. The van der Waals surface area contributed by atoms with E-state index in [1.54, 1.807) is 4.90 Å². The molecule has 1 N–H and O–H groups in total. The van der Waals surface area contributed by atoms with Gasteiger partial charge in [-0.05, 0) is 54.5 Å². The Morgan fingerprint density at radius 1 is 1.35 bits per heavy atom. The van der Waals surface area contributed by atoms with Gasteiger partial charge in [0.2, 0.25) is 5.91 Å². The van der Waals surface area contributed by atoms with Crippen molar-refractivity contribution >= 4 is 27.5 Å². The van der Waals surface area contributed by atoms with E-state index >= 15 is 0 Å². The molecular formula is C15H22BrN3O. The first-order chi connectivity index (χ1) is 9.37. The predicted molar refractivity (Wildman–Crippen MR) is 86.0 cm³/mol. The fraction of sp³-hybridized carbons (Fsp3) is 0.533. The summed E-state index contributed by atoms with van der Waals surface area (Å²) in [5.74, 6) is 0.162. The largest absolute Gasteiger partial charge is 0.355 e. The van der Waals surface area contributed by atoms with Gasteiger partial charge in [0, 0.05) is 31.2 Å². The zero-order chi connectivity index (χ0) is 14.9. The molecule has 1 amide bonds. The van der Waals surface area contributed by atoms with Crippen molar-refractivity contribution in [1.29, 1.82) is 0 Å². The van der Waals surface area contributed by atoms with Gasteiger partial charge in [-0.3, -0.25) is 4.79 Å². The highest BCUT2D eigenvalue weighted by molar-refractivity contribution is 9.10. The van der Waals surface area contributed by atoms with Crippen molar-refractivity contribution in [2.24, 2.45) is 0 Å². The molecule has 0 aromatic heterocycles. The van der Waals surface area contributed by atoms with Crippen molar-refractivity contribution in [2.75, 3.05) is 32.1 Å². The third-order valence-electron chi connectivity index (χ3n) is 3.89. The molecule has 4 nitrogen and oxygen atoms in total. The van der Waals surface area contributed by atoms with Gasteiger partial charge in [-0.1, -0.05) is 6.07 Å². The average molecular weight is 340 g/mol. The molecule has 1 saturated heterocycles. The minimum atomic E-state index is -0.514. The maximum absolute atomic E-state index is 12.4. The molecule has 1 fully saturated rings. The van der Waals surface area contributed by atoms with Gasteiger partial charge in [-0.25, -0.2) is 0 Å². The summed E-state index contributed by atoms with van der Waals surface area (Å²) in [4.78, 5) is 16.4. The van der Waals surface area contributed by atoms with Gasteiger partial charge in [0.15, 0.2) is 0 Å². The molecule has 0 spiro atoms. The number of amides is 1. The van der Waals surface area contributed by atoms with Crippen LogP contribution in [0.2, 0.25) is 0 Å². The first kappa shape index (κ1) is 15.3. The average Bonchev–Trinajstić information content (AvgIpc) is 2.38. The number of nitrogens with one attached hydrogen (secondary N) is 1. The molecule has 110 valence electrons. The van der Waals surface area contributed by atoms with Crippen LogP contribution in [0.1, 0.15) is 19.4 Å². The van der Waals surface area contributed by atoms with Crippen LogP contribution in [0.15, 0.2) is 22.7 Å². The number of carbonyl (C=O) groups excluding carboxylic acids is 1. The van der Waals surface area contributed by atoms with Crippen LogP contribution in [0, 0.1) is 0 Å². The topological polar surface area (TPSA) is 35.6 Å². The van der Waals surface area contributed by atoms with Crippen LogP contribution in [0.5, 0.6) is 0 Å². The van der Waals surface area contributed by atoms with Crippen LogP contribution >= 0.6 is 15.9 Å². The molecule has 0 unspecified atom stereocenters. The van der Waals surface area contributed by atoms with Crippen molar-refractivity contribution in [3.63, 3.8) is 0 Å². The van der Waals surface area contributed by atoms with Gasteiger partial charge in [0.25, 0.3) is 0 Å². The summed E-state index contributed by atoms with van der Waals surface area (Å²) < 4.78 is 1.04. The van der Waals surface area contributed by atoms with Gasteiger partial charge >= 0.3 is 0 Å². The number of halogens is 1. The van der Waals surface area contributed by atoms with Crippen LogP contribution < -0.4 is 10.2 Å². The highest BCUT2D eigenvalue weighted by atomic mass is 79.9. The van der Waals surface area contributed by atoms with Crippen LogP contribution in [0.25, 0.3) is 0 Å². The second-order valence-electron chi connectivity index (χ2n) is 5.75. The number of carbonyl (C=O) groups is 1. The van der Waals surface area contributed by atoms with Gasteiger partial charge in [-0.2, -0.15) is 0 Å². The minimum Gasteiger partial charge on any atom is -0.355 e. The molecule has 0 saturated carbocycles. The summed E-state index contributed by atoms with van der Waals surface area (Å²) in [7, 11) is 3.80. The highest BCUT2D eigenvalue weighted by Crippen LogP contribution is 2.34. The van der Waals surface area contributed by atoms with Crippen LogP contribution in [-0.2, 0) is 11.3 Å². The Labute approximate surface area is 129 Å². The van der Waals surface area contributed by atoms with Gasteiger partial charge in [0.1, 0.15) is 5.54 Å². The Balaban J connectivity index is 2.33. The number of rotatable bonds is 3. The van der Waals surface area contributed by atoms with E-state index in [1.165, 1.54) is 5.56 Å². The van der Waals surface area contributed by atoms with E-state index in [-0.39, 0.29) is 5.91 Å². The summed E-state index contributed by atoms with van der Waals surface area (Å²) in [6, 6.07) is 6.32. The summed E-state index contributed by atoms with van der Waals surface area (Å²) >= 11 is 3.65. The predicted octanol–water partition coefficient (Wildman–Crippen LogP) is 2.23. The number of benzene rings is 1. The van der Waals surface area contributed by atoms with E-state index in [2.05, 4.69) is 44.3 Å². The Bertz CT molecular complexity index is 516. The molecule has 0 radical (unpaired) electrons. The van der Waals surface area contributed by atoms with E-state index in [1.807, 2.05) is 27.9 Å². The molecular weight excluding hydrogens is 318 g/mol. The Hall–Kier alpha value is -1.07. The van der Waals surface area contributed by atoms with Crippen molar-refractivity contribution in [3.8, 4) is 0 Å². The highest BCUT2D eigenvalue weighted by Gasteiger charge is 2.41. The van der Waals surface area contributed by atoms with Gasteiger partial charge in [-0.15, -0.1) is 0 Å². The molecule has 20 heavy (non-hydrogen) atoms. The Morgan fingerprint density at radius 2 is 2.05 bits per heavy atom. The molecule has 0 atom stereocenters. The Morgan fingerprint density at radius 3 is 2.65 bits per heavy atom. The summed E-state index contributed by atoms with van der Waals surface area (Å²) in [5, 5.41) is 3.14. The fourth-order valence-corrected chi connectivity index (χ4v) is 3.36. The first-order valence-corrected chi connectivity index (χ1v) is 7.63. The molecule has 1 aromatic rings. The second kappa shape index (κ2) is 5.74. The first-order valence-electron chi connectivity index (χ1n) is 6.84. The van der Waals surface area contributed by atoms with Crippen LogP contribution in [0.4, 0.5) is 5.69 Å². The number of anilines is 1. The molecule has 0 aliphatic carbocycles. The Kier molecular flexibility index (Phi) is 4.39. The number of nitrogens with zero attached hydrogens (tertiary/aromatic N) is 2. The van der Waals surface area contributed by atoms with E-state index in [0.717, 1.165) is 29.8 Å². The van der Waals surface area contributed by atoms with E-state index in [0.29, 0.717) is 0 Å². The normalized spacial score (nSPS) is 18.6. The maximum atomic E-state index is 12.4. The SMILES string of the molecule is CNCc1ccc(N2CCN(C)C(=O)C2(C)C)c(Br)c1. The zero-order valence-electron chi connectivity index (χ0n) is 12.5.